The van der Waals surface area contributed by atoms with Gasteiger partial charge in [0.05, 0.1) is 0 Å². The Bertz CT molecular complexity index is 262. The van der Waals surface area contributed by atoms with Crippen molar-refractivity contribution in [1.82, 2.24) is 0 Å². The topological polar surface area (TPSA) is 17.1 Å². The first-order chi connectivity index (χ1) is 6.02. The van der Waals surface area contributed by atoms with Crippen molar-refractivity contribution in [3.8, 4) is 0 Å². The van der Waals surface area contributed by atoms with Gasteiger partial charge in [0.15, 0.2) is 0 Å². The van der Waals surface area contributed by atoms with Gasteiger partial charge in [0.1, 0.15) is 5.78 Å². The maximum absolute atomic E-state index is 11.5. The minimum Gasteiger partial charge on any atom is -0.299 e. The van der Waals surface area contributed by atoms with Crippen LogP contribution in [0.5, 0.6) is 0 Å². The maximum atomic E-state index is 11.5. The number of carbonyl (C=O) groups is 1. The van der Waals surface area contributed by atoms with E-state index >= 15 is 0 Å². The molecular weight excluding hydrogens is 160 g/mol. The van der Waals surface area contributed by atoms with Gasteiger partial charge >= 0.3 is 0 Å². The van der Waals surface area contributed by atoms with Crippen molar-refractivity contribution in [2.45, 2.75) is 39.5 Å². The van der Waals surface area contributed by atoms with Crippen molar-refractivity contribution in [3.63, 3.8) is 0 Å². The largest absolute Gasteiger partial charge is 0.299 e. The molecule has 0 aromatic heterocycles. The number of fused-ring (bicyclic) bond motifs is 1. The summed E-state index contributed by atoms with van der Waals surface area (Å²) in [7, 11) is 0. The highest BCUT2D eigenvalue weighted by molar-refractivity contribution is 5.84. The van der Waals surface area contributed by atoms with Gasteiger partial charge in [0, 0.05) is 12.3 Å². The Hall–Kier alpha value is -0.590. The van der Waals surface area contributed by atoms with Gasteiger partial charge in [-0.15, -0.1) is 0 Å². The molecule has 1 heteroatoms. The fraction of sp³-hybridized carbons (Fsp3) is 0.750. The summed E-state index contributed by atoms with van der Waals surface area (Å²) in [4.78, 5) is 11.5. The zero-order chi connectivity index (χ0) is 9.64. The number of allylic oxidation sites excluding steroid dienone is 1. The molecule has 2 aliphatic carbocycles. The number of carbonyl (C=O) groups excluding carboxylic acids is 1. The zero-order valence-electron chi connectivity index (χ0n) is 8.60. The van der Waals surface area contributed by atoms with Crippen LogP contribution in [0.4, 0.5) is 0 Å². The Morgan fingerprint density at radius 3 is 2.69 bits per heavy atom. The van der Waals surface area contributed by atoms with Crippen molar-refractivity contribution >= 4 is 5.78 Å². The molecule has 0 spiro atoms. The molecular formula is C12H18O. The van der Waals surface area contributed by atoms with E-state index in [1.807, 2.05) is 0 Å². The van der Waals surface area contributed by atoms with Crippen molar-refractivity contribution in [2.75, 3.05) is 0 Å². The second kappa shape index (κ2) is 2.70. The number of hydrogen-bond donors (Lipinski definition) is 0. The third-order valence-corrected chi connectivity index (χ3v) is 4.00. The monoisotopic (exact) mass is 178 g/mol. The summed E-state index contributed by atoms with van der Waals surface area (Å²) in [5.74, 6) is 1.33. The van der Waals surface area contributed by atoms with E-state index in [9.17, 15) is 4.79 Å². The van der Waals surface area contributed by atoms with Crippen LogP contribution in [-0.2, 0) is 4.79 Å². The van der Waals surface area contributed by atoms with Crippen LogP contribution >= 0.6 is 0 Å². The summed E-state index contributed by atoms with van der Waals surface area (Å²) in [6, 6.07) is 0. The van der Waals surface area contributed by atoms with Crippen LogP contribution < -0.4 is 0 Å². The molecule has 72 valence electrons. The summed E-state index contributed by atoms with van der Waals surface area (Å²) in [6.45, 7) is 8.71. The van der Waals surface area contributed by atoms with E-state index in [4.69, 9.17) is 0 Å². The molecule has 2 rings (SSSR count). The molecule has 13 heavy (non-hydrogen) atoms. The van der Waals surface area contributed by atoms with Gasteiger partial charge in [-0.25, -0.2) is 0 Å². The lowest BCUT2D eigenvalue weighted by atomic mass is 9.65. The van der Waals surface area contributed by atoms with E-state index < -0.39 is 0 Å². The highest BCUT2D eigenvalue weighted by Gasteiger charge is 2.44. The molecule has 0 amide bonds. The van der Waals surface area contributed by atoms with Gasteiger partial charge in [-0.3, -0.25) is 4.79 Å². The lowest BCUT2D eigenvalue weighted by Crippen LogP contribution is -2.31. The quantitative estimate of drug-likeness (QED) is 0.521. The van der Waals surface area contributed by atoms with Gasteiger partial charge in [0.2, 0.25) is 0 Å². The molecule has 0 aromatic rings. The number of Topliss-reactive ketones (excluding diaryl/α,β-unsaturated/α-hetero) is 1. The van der Waals surface area contributed by atoms with E-state index in [-0.39, 0.29) is 5.41 Å². The molecule has 0 radical (unpaired) electrons. The maximum Gasteiger partial charge on any atom is 0.136 e. The van der Waals surface area contributed by atoms with Crippen LogP contribution in [-0.4, -0.2) is 5.78 Å². The van der Waals surface area contributed by atoms with Crippen LogP contribution in [0.1, 0.15) is 39.5 Å². The Labute approximate surface area is 80.2 Å². The third kappa shape index (κ3) is 1.25. The van der Waals surface area contributed by atoms with E-state index in [2.05, 4.69) is 20.4 Å². The van der Waals surface area contributed by atoms with Crippen LogP contribution in [0.25, 0.3) is 0 Å². The predicted molar refractivity (Wildman–Crippen MR) is 53.4 cm³/mol. The second-order valence-corrected chi connectivity index (χ2v) is 5.17. The van der Waals surface area contributed by atoms with E-state index in [1.54, 1.807) is 0 Å². The highest BCUT2D eigenvalue weighted by atomic mass is 16.1. The SMILES string of the molecule is C=C1[C@H]2CCC(=O)[C@@H]2CCC1(C)C. The smallest absolute Gasteiger partial charge is 0.136 e. The molecule has 0 N–H and O–H groups in total. The first-order valence-corrected chi connectivity index (χ1v) is 5.24. The standard InChI is InChI=1S/C12H18O/c1-8-9-4-5-11(13)10(9)6-7-12(8,2)3/h9-10H,1,4-7H2,2-3H3/t9-,10-/m1/s1. The Morgan fingerprint density at radius 2 is 2.00 bits per heavy atom. The van der Waals surface area contributed by atoms with Crippen LogP contribution in [0, 0.1) is 17.3 Å². The molecule has 2 aliphatic rings. The molecule has 2 fully saturated rings. The molecule has 0 aliphatic heterocycles. The van der Waals surface area contributed by atoms with Gasteiger partial charge in [-0.05, 0) is 30.6 Å². The average Bonchev–Trinajstić information content (AvgIpc) is 2.41. The van der Waals surface area contributed by atoms with Crippen molar-refractivity contribution in [3.05, 3.63) is 12.2 Å². The Morgan fingerprint density at radius 1 is 1.31 bits per heavy atom. The molecule has 0 aromatic carbocycles. The van der Waals surface area contributed by atoms with Gasteiger partial charge in [0.25, 0.3) is 0 Å². The summed E-state index contributed by atoms with van der Waals surface area (Å²) in [5.41, 5.74) is 1.60. The van der Waals surface area contributed by atoms with Crippen LogP contribution in [0.3, 0.4) is 0 Å². The van der Waals surface area contributed by atoms with Crippen molar-refractivity contribution in [1.29, 1.82) is 0 Å². The van der Waals surface area contributed by atoms with Crippen molar-refractivity contribution in [2.24, 2.45) is 17.3 Å². The lowest BCUT2D eigenvalue weighted by molar-refractivity contribution is -0.121. The first kappa shape index (κ1) is 8.98. The zero-order valence-corrected chi connectivity index (χ0v) is 8.60. The number of ketones is 1. The first-order valence-electron chi connectivity index (χ1n) is 5.24. The second-order valence-electron chi connectivity index (χ2n) is 5.17. The summed E-state index contributed by atoms with van der Waals surface area (Å²) < 4.78 is 0. The summed E-state index contributed by atoms with van der Waals surface area (Å²) in [6.07, 6.45) is 4.09. The molecule has 2 saturated carbocycles. The van der Waals surface area contributed by atoms with E-state index in [1.165, 1.54) is 5.57 Å². The summed E-state index contributed by atoms with van der Waals surface area (Å²) in [5, 5.41) is 0. The fourth-order valence-electron chi connectivity index (χ4n) is 2.87. The van der Waals surface area contributed by atoms with E-state index in [0.717, 1.165) is 25.7 Å². The predicted octanol–water partition coefficient (Wildman–Crippen LogP) is 2.96. The van der Waals surface area contributed by atoms with Crippen LogP contribution in [0.15, 0.2) is 12.2 Å². The third-order valence-electron chi connectivity index (χ3n) is 4.00. The number of rotatable bonds is 0. The van der Waals surface area contributed by atoms with E-state index in [0.29, 0.717) is 17.6 Å². The molecule has 0 saturated heterocycles. The highest BCUT2D eigenvalue weighted by Crippen LogP contribution is 2.50. The average molecular weight is 178 g/mol. The number of hydrogen-bond acceptors (Lipinski definition) is 1. The Balaban J connectivity index is 2.24. The molecule has 0 heterocycles. The van der Waals surface area contributed by atoms with Crippen LogP contribution in [0.2, 0.25) is 0 Å². The van der Waals surface area contributed by atoms with Gasteiger partial charge in [-0.2, -0.15) is 0 Å². The molecule has 1 nitrogen and oxygen atoms in total. The lowest BCUT2D eigenvalue weighted by Gasteiger charge is -2.39. The fourth-order valence-corrected chi connectivity index (χ4v) is 2.87. The van der Waals surface area contributed by atoms with Crippen molar-refractivity contribution < 1.29 is 4.79 Å². The Kier molecular flexibility index (Phi) is 1.86. The molecule has 0 bridgehead atoms. The normalized spacial score (nSPS) is 37.7. The molecule has 0 unspecified atom stereocenters. The van der Waals surface area contributed by atoms with Gasteiger partial charge < -0.3 is 0 Å². The minimum absolute atomic E-state index is 0.270. The minimum atomic E-state index is 0.270. The van der Waals surface area contributed by atoms with Gasteiger partial charge in [-0.1, -0.05) is 26.0 Å². The summed E-state index contributed by atoms with van der Waals surface area (Å²) >= 11 is 0. The molecule has 2 atom stereocenters.